The molecule has 0 bridgehead atoms. The molecule has 2 aromatic carbocycles. The first-order valence-electron chi connectivity index (χ1n) is 8.32. The Balaban J connectivity index is 1.82. The van der Waals surface area contributed by atoms with Crippen LogP contribution in [0.5, 0.6) is 5.75 Å². The number of aromatic nitrogens is 3. The molecule has 0 atom stereocenters. The van der Waals surface area contributed by atoms with E-state index >= 15 is 0 Å². The van der Waals surface area contributed by atoms with Gasteiger partial charge < -0.3 is 13.8 Å². The monoisotopic (exact) mass is 347 g/mol. The van der Waals surface area contributed by atoms with Crippen LogP contribution < -0.4 is 10.2 Å². The SMILES string of the molecule is CCn1cc(-c2nc(-c3ccc(OC)cc3)no2)c(=O)c2ccccc21. The standard InChI is InChI=1S/C20H17N3O3/c1-3-23-12-16(18(24)15-6-4-5-7-17(15)23)20-21-19(22-26-20)13-8-10-14(25-2)11-9-13/h4-12H,3H2,1-2H3. The first-order chi connectivity index (χ1) is 12.7. The second-order valence-corrected chi connectivity index (χ2v) is 5.83. The minimum Gasteiger partial charge on any atom is -0.497 e. The molecular formula is C20H17N3O3. The molecule has 4 aromatic rings. The van der Waals surface area contributed by atoms with Crippen molar-refractivity contribution in [3.8, 4) is 28.6 Å². The first kappa shape index (κ1) is 16.1. The number of fused-ring (bicyclic) bond motifs is 1. The number of hydrogen-bond donors (Lipinski definition) is 0. The largest absolute Gasteiger partial charge is 0.497 e. The van der Waals surface area contributed by atoms with Gasteiger partial charge in [-0.2, -0.15) is 4.98 Å². The van der Waals surface area contributed by atoms with Gasteiger partial charge in [-0.05, 0) is 43.3 Å². The summed E-state index contributed by atoms with van der Waals surface area (Å²) in [5, 5.41) is 4.66. The Morgan fingerprint density at radius 1 is 1.12 bits per heavy atom. The third-order valence-electron chi connectivity index (χ3n) is 4.33. The Morgan fingerprint density at radius 2 is 1.88 bits per heavy atom. The van der Waals surface area contributed by atoms with E-state index in [9.17, 15) is 4.79 Å². The van der Waals surface area contributed by atoms with Gasteiger partial charge in [-0.25, -0.2) is 0 Å². The highest BCUT2D eigenvalue weighted by atomic mass is 16.5. The number of rotatable bonds is 4. The second-order valence-electron chi connectivity index (χ2n) is 5.83. The molecule has 6 nitrogen and oxygen atoms in total. The smallest absolute Gasteiger partial charge is 0.263 e. The van der Waals surface area contributed by atoms with Crippen molar-refractivity contribution in [2.75, 3.05) is 7.11 Å². The fourth-order valence-electron chi connectivity index (χ4n) is 2.95. The summed E-state index contributed by atoms with van der Waals surface area (Å²) in [5.74, 6) is 1.39. The summed E-state index contributed by atoms with van der Waals surface area (Å²) < 4.78 is 12.5. The normalized spacial score (nSPS) is 11.0. The Labute approximate surface area is 149 Å². The summed E-state index contributed by atoms with van der Waals surface area (Å²) in [7, 11) is 1.61. The summed E-state index contributed by atoms with van der Waals surface area (Å²) in [5.41, 5.74) is 1.96. The van der Waals surface area contributed by atoms with Crippen LogP contribution >= 0.6 is 0 Å². The Hall–Kier alpha value is -3.41. The molecule has 26 heavy (non-hydrogen) atoms. The van der Waals surface area contributed by atoms with Gasteiger partial charge in [0.25, 0.3) is 5.89 Å². The quantitative estimate of drug-likeness (QED) is 0.562. The summed E-state index contributed by atoms with van der Waals surface area (Å²) in [6.45, 7) is 2.75. The van der Waals surface area contributed by atoms with E-state index in [1.807, 2.05) is 60.0 Å². The lowest BCUT2D eigenvalue weighted by Crippen LogP contribution is -2.11. The average Bonchev–Trinajstić information content (AvgIpc) is 3.18. The highest BCUT2D eigenvalue weighted by Crippen LogP contribution is 2.24. The first-order valence-corrected chi connectivity index (χ1v) is 8.32. The molecule has 6 heteroatoms. The molecule has 2 heterocycles. The number of benzene rings is 2. The Morgan fingerprint density at radius 3 is 2.62 bits per heavy atom. The van der Waals surface area contributed by atoms with Crippen molar-refractivity contribution in [2.45, 2.75) is 13.5 Å². The highest BCUT2D eigenvalue weighted by Gasteiger charge is 2.16. The minimum absolute atomic E-state index is 0.116. The number of methoxy groups -OCH3 is 1. The van der Waals surface area contributed by atoms with E-state index in [1.165, 1.54) is 0 Å². The van der Waals surface area contributed by atoms with E-state index in [0.29, 0.717) is 16.8 Å². The zero-order chi connectivity index (χ0) is 18.1. The summed E-state index contributed by atoms with van der Waals surface area (Å²) in [6, 6.07) is 14.9. The van der Waals surface area contributed by atoms with Crippen molar-refractivity contribution in [1.82, 2.24) is 14.7 Å². The van der Waals surface area contributed by atoms with E-state index < -0.39 is 0 Å². The fraction of sp³-hybridized carbons (Fsp3) is 0.150. The molecule has 0 aliphatic carbocycles. The van der Waals surface area contributed by atoms with Crippen LogP contribution in [0.3, 0.4) is 0 Å². The number of aryl methyl sites for hydroxylation is 1. The van der Waals surface area contributed by atoms with Gasteiger partial charge in [-0.15, -0.1) is 0 Å². The van der Waals surface area contributed by atoms with Gasteiger partial charge in [-0.3, -0.25) is 4.79 Å². The van der Waals surface area contributed by atoms with Crippen LogP contribution in [0.4, 0.5) is 0 Å². The molecule has 4 rings (SSSR count). The van der Waals surface area contributed by atoms with Crippen LogP contribution in [-0.2, 0) is 6.54 Å². The summed E-state index contributed by atoms with van der Waals surface area (Å²) in [6.07, 6.45) is 1.77. The van der Waals surface area contributed by atoms with Gasteiger partial charge >= 0.3 is 0 Å². The van der Waals surface area contributed by atoms with Crippen molar-refractivity contribution in [3.05, 3.63) is 65.0 Å². The Bertz CT molecular complexity index is 1130. The predicted molar refractivity (Wildman–Crippen MR) is 99.2 cm³/mol. The maximum Gasteiger partial charge on any atom is 0.263 e. The third-order valence-corrected chi connectivity index (χ3v) is 4.33. The number of para-hydroxylation sites is 1. The highest BCUT2D eigenvalue weighted by molar-refractivity contribution is 5.82. The van der Waals surface area contributed by atoms with Gasteiger partial charge in [0.05, 0.1) is 12.6 Å². The number of ether oxygens (including phenoxy) is 1. The van der Waals surface area contributed by atoms with Crippen LogP contribution in [0.1, 0.15) is 6.92 Å². The Kier molecular flexibility index (Phi) is 4.01. The maximum absolute atomic E-state index is 12.9. The van der Waals surface area contributed by atoms with E-state index in [2.05, 4.69) is 10.1 Å². The minimum atomic E-state index is -0.116. The molecule has 0 aliphatic rings. The van der Waals surface area contributed by atoms with Gasteiger partial charge in [0.15, 0.2) is 0 Å². The zero-order valence-electron chi connectivity index (χ0n) is 14.5. The maximum atomic E-state index is 12.9. The molecule has 0 radical (unpaired) electrons. The molecule has 0 spiro atoms. The third kappa shape index (κ3) is 2.65. The molecule has 0 N–H and O–H groups in total. The zero-order valence-corrected chi connectivity index (χ0v) is 14.5. The molecule has 0 saturated heterocycles. The van der Waals surface area contributed by atoms with E-state index in [-0.39, 0.29) is 11.3 Å². The van der Waals surface area contributed by atoms with E-state index in [0.717, 1.165) is 23.4 Å². The lowest BCUT2D eigenvalue weighted by Gasteiger charge is -2.09. The van der Waals surface area contributed by atoms with Crippen LogP contribution in [-0.4, -0.2) is 21.8 Å². The molecular weight excluding hydrogens is 330 g/mol. The van der Waals surface area contributed by atoms with Crippen LogP contribution in [0.15, 0.2) is 64.0 Å². The second kappa shape index (κ2) is 6.48. The lowest BCUT2D eigenvalue weighted by atomic mass is 10.1. The van der Waals surface area contributed by atoms with E-state index in [1.54, 1.807) is 13.3 Å². The fourth-order valence-corrected chi connectivity index (χ4v) is 2.95. The molecule has 2 aromatic heterocycles. The summed E-state index contributed by atoms with van der Waals surface area (Å²) >= 11 is 0. The van der Waals surface area contributed by atoms with Crippen LogP contribution in [0, 0.1) is 0 Å². The van der Waals surface area contributed by atoms with Gasteiger partial charge in [0.2, 0.25) is 11.3 Å². The van der Waals surface area contributed by atoms with E-state index in [4.69, 9.17) is 9.26 Å². The van der Waals surface area contributed by atoms with Crippen molar-refractivity contribution in [2.24, 2.45) is 0 Å². The molecule has 0 unspecified atom stereocenters. The number of hydrogen-bond acceptors (Lipinski definition) is 5. The topological polar surface area (TPSA) is 70.2 Å². The average molecular weight is 347 g/mol. The van der Waals surface area contributed by atoms with Gasteiger partial charge in [0.1, 0.15) is 11.3 Å². The molecule has 0 aliphatic heterocycles. The van der Waals surface area contributed by atoms with Crippen LogP contribution in [0.25, 0.3) is 33.7 Å². The van der Waals surface area contributed by atoms with Crippen molar-refractivity contribution >= 4 is 10.9 Å². The lowest BCUT2D eigenvalue weighted by molar-refractivity contribution is 0.414. The predicted octanol–water partition coefficient (Wildman–Crippen LogP) is 3.75. The summed E-state index contributed by atoms with van der Waals surface area (Å²) in [4.78, 5) is 17.3. The van der Waals surface area contributed by atoms with Gasteiger partial charge in [0, 0.05) is 23.7 Å². The molecule has 0 amide bonds. The number of nitrogens with zero attached hydrogens (tertiary/aromatic N) is 3. The van der Waals surface area contributed by atoms with Crippen molar-refractivity contribution < 1.29 is 9.26 Å². The van der Waals surface area contributed by atoms with Crippen molar-refractivity contribution in [1.29, 1.82) is 0 Å². The van der Waals surface area contributed by atoms with Gasteiger partial charge in [-0.1, -0.05) is 17.3 Å². The molecule has 0 fully saturated rings. The molecule has 0 saturated carbocycles. The van der Waals surface area contributed by atoms with Crippen molar-refractivity contribution in [3.63, 3.8) is 0 Å². The van der Waals surface area contributed by atoms with Crippen LogP contribution in [0.2, 0.25) is 0 Å². The number of pyridine rings is 1. The molecule has 130 valence electrons.